The van der Waals surface area contributed by atoms with Gasteiger partial charge in [0.15, 0.2) is 0 Å². The van der Waals surface area contributed by atoms with E-state index in [0.29, 0.717) is 17.1 Å². The number of ether oxygens (including phenoxy) is 1. The second-order valence-electron chi connectivity index (χ2n) is 9.44. The third-order valence-electron chi connectivity index (χ3n) is 7.13. The van der Waals surface area contributed by atoms with Crippen LogP contribution in [0.3, 0.4) is 0 Å². The molecule has 1 aromatic rings. The van der Waals surface area contributed by atoms with Crippen molar-refractivity contribution in [2.24, 2.45) is 29.6 Å². The summed E-state index contributed by atoms with van der Waals surface area (Å²) in [5.41, 5.74) is 1.29. The number of rotatable bonds is 8. The number of carbonyl (C=O) groups excluding carboxylic acids is 3. The molecule has 0 bridgehead atoms. The number of nitrogens with zero attached hydrogens (tertiary/aromatic N) is 1. The molecule has 1 aliphatic carbocycles. The summed E-state index contributed by atoms with van der Waals surface area (Å²) in [6.07, 6.45) is 4.49. The van der Waals surface area contributed by atoms with Crippen LogP contribution in [0, 0.1) is 36.5 Å². The first-order valence-electron chi connectivity index (χ1n) is 12.0. The predicted molar refractivity (Wildman–Crippen MR) is 131 cm³/mol. The number of aliphatic hydroxyl groups excluding tert-OH is 1. The van der Waals surface area contributed by atoms with E-state index in [4.69, 9.17) is 16.3 Å². The topological polar surface area (TPSA) is 95.9 Å². The molecule has 3 rings (SSSR count). The van der Waals surface area contributed by atoms with E-state index in [1.807, 2.05) is 45.9 Å². The lowest BCUT2D eigenvalue weighted by atomic mass is 9.69. The Bertz CT molecular complexity index is 942. The molecule has 0 unspecified atom stereocenters. The Morgan fingerprint density at radius 3 is 2.50 bits per heavy atom. The first-order valence-corrected chi connectivity index (χ1v) is 12.4. The van der Waals surface area contributed by atoms with Crippen molar-refractivity contribution >= 4 is 35.1 Å². The van der Waals surface area contributed by atoms with Gasteiger partial charge < -0.3 is 20.1 Å². The van der Waals surface area contributed by atoms with E-state index >= 15 is 0 Å². The fourth-order valence-corrected chi connectivity index (χ4v) is 5.63. The Balaban J connectivity index is 2.08. The van der Waals surface area contributed by atoms with Crippen LogP contribution in [0.1, 0.15) is 39.7 Å². The number of para-hydroxylation sites is 1. The van der Waals surface area contributed by atoms with Gasteiger partial charge in [-0.05, 0) is 43.7 Å². The molecule has 7 nitrogen and oxygen atoms in total. The molecule has 2 aliphatic rings. The zero-order chi connectivity index (χ0) is 25.2. The Morgan fingerprint density at radius 2 is 1.94 bits per heavy atom. The average molecular weight is 491 g/mol. The number of carbonyl (C=O) groups is 3. The van der Waals surface area contributed by atoms with Gasteiger partial charge in [-0.3, -0.25) is 14.4 Å². The van der Waals surface area contributed by atoms with E-state index in [1.165, 1.54) is 4.90 Å². The largest absolute Gasteiger partial charge is 0.466 e. The second-order valence-corrected chi connectivity index (χ2v) is 9.85. The molecule has 1 heterocycles. The molecule has 6 atom stereocenters. The summed E-state index contributed by atoms with van der Waals surface area (Å²) < 4.78 is 5.35. The van der Waals surface area contributed by atoms with Crippen LogP contribution in [0.5, 0.6) is 0 Å². The molecule has 0 spiro atoms. The number of benzene rings is 1. The number of aliphatic hydroxyl groups is 1. The van der Waals surface area contributed by atoms with Gasteiger partial charge in [-0.1, -0.05) is 56.7 Å². The molecule has 2 amide bonds. The van der Waals surface area contributed by atoms with Gasteiger partial charge in [0.2, 0.25) is 11.8 Å². The van der Waals surface area contributed by atoms with Crippen LogP contribution in [0.15, 0.2) is 30.4 Å². The van der Waals surface area contributed by atoms with Crippen LogP contribution in [0.25, 0.3) is 0 Å². The molecule has 2 N–H and O–H groups in total. The fraction of sp³-hybridized carbons (Fsp3) is 0.577. The van der Waals surface area contributed by atoms with Crippen molar-refractivity contribution in [3.05, 3.63) is 40.9 Å². The van der Waals surface area contributed by atoms with Crippen LogP contribution < -0.4 is 5.32 Å². The zero-order valence-corrected chi connectivity index (χ0v) is 21.2. The smallest absolute Gasteiger partial charge is 0.310 e. The quantitative estimate of drug-likeness (QED) is 0.426. The van der Waals surface area contributed by atoms with Crippen molar-refractivity contribution in [3.63, 3.8) is 0 Å². The third-order valence-corrected chi connectivity index (χ3v) is 7.45. The number of fused-ring (bicyclic) bond motifs is 1. The fourth-order valence-electron chi connectivity index (χ4n) is 5.36. The highest BCUT2D eigenvalue weighted by atomic mass is 35.5. The highest BCUT2D eigenvalue weighted by molar-refractivity contribution is 6.34. The van der Waals surface area contributed by atoms with Crippen LogP contribution in [0.2, 0.25) is 5.02 Å². The van der Waals surface area contributed by atoms with Crippen molar-refractivity contribution in [2.45, 2.75) is 53.1 Å². The first-order chi connectivity index (χ1) is 16.2. The van der Waals surface area contributed by atoms with E-state index in [-0.39, 0.29) is 31.0 Å². The molecule has 1 saturated heterocycles. The second kappa shape index (κ2) is 10.9. The van der Waals surface area contributed by atoms with Gasteiger partial charge in [0.25, 0.3) is 0 Å². The SMILES string of the molecule is CCOC(=O)[C@H]1[C@@H]2C(=O)N([C@@H](CO)C(C)C)[C@H](C(=O)Nc3c(C)cccc3Cl)[C@H]2C=C[C@H]1CC. The molecule has 34 heavy (non-hydrogen) atoms. The van der Waals surface area contributed by atoms with Gasteiger partial charge in [-0.15, -0.1) is 0 Å². The summed E-state index contributed by atoms with van der Waals surface area (Å²) in [7, 11) is 0. The zero-order valence-electron chi connectivity index (χ0n) is 20.5. The summed E-state index contributed by atoms with van der Waals surface area (Å²) >= 11 is 6.35. The van der Waals surface area contributed by atoms with Gasteiger partial charge in [-0.2, -0.15) is 0 Å². The summed E-state index contributed by atoms with van der Waals surface area (Å²) in [6.45, 7) is 9.27. The van der Waals surface area contributed by atoms with E-state index in [0.717, 1.165) is 5.56 Å². The number of amides is 2. The maximum atomic E-state index is 13.9. The first kappa shape index (κ1) is 26.2. The molecular weight excluding hydrogens is 456 g/mol. The summed E-state index contributed by atoms with van der Waals surface area (Å²) in [5, 5.41) is 13.5. The van der Waals surface area contributed by atoms with Crippen LogP contribution >= 0.6 is 11.6 Å². The third kappa shape index (κ3) is 4.73. The molecular formula is C26H35ClN2O5. The van der Waals surface area contributed by atoms with Crippen molar-refractivity contribution in [1.29, 1.82) is 0 Å². The summed E-state index contributed by atoms with van der Waals surface area (Å²) in [4.78, 5) is 42.1. The minimum absolute atomic E-state index is 0.0987. The monoisotopic (exact) mass is 490 g/mol. The number of anilines is 1. The Hall–Kier alpha value is -2.38. The van der Waals surface area contributed by atoms with E-state index in [9.17, 15) is 19.5 Å². The van der Waals surface area contributed by atoms with E-state index in [2.05, 4.69) is 5.32 Å². The maximum absolute atomic E-state index is 13.9. The standard InChI is InChI=1S/C26H35ClN2O5/c1-6-16-11-12-17-21(20(16)26(33)34-7-2)25(32)29(19(13-30)14(3)4)23(17)24(31)28-22-15(5)9-8-10-18(22)27/h8-12,14,16-17,19-21,23,30H,6-7,13H2,1-5H3,(H,28,31)/t16-,17+,19+,20-,21-,23+/m1/s1. The number of halogens is 1. The van der Waals surface area contributed by atoms with E-state index in [1.54, 1.807) is 19.1 Å². The number of likely N-dealkylation sites (tertiary alicyclic amines) is 1. The number of hydrogen-bond acceptors (Lipinski definition) is 5. The van der Waals surface area contributed by atoms with Gasteiger partial charge in [0.1, 0.15) is 6.04 Å². The van der Waals surface area contributed by atoms with Crippen molar-refractivity contribution in [1.82, 2.24) is 4.90 Å². The Kier molecular flexibility index (Phi) is 8.42. The van der Waals surface area contributed by atoms with Gasteiger partial charge >= 0.3 is 5.97 Å². The van der Waals surface area contributed by atoms with E-state index < -0.39 is 41.7 Å². The Morgan fingerprint density at radius 1 is 1.24 bits per heavy atom. The lowest BCUT2D eigenvalue weighted by molar-refractivity contribution is -0.156. The molecule has 0 saturated carbocycles. The molecule has 1 aromatic carbocycles. The molecule has 8 heteroatoms. The summed E-state index contributed by atoms with van der Waals surface area (Å²) in [6, 6.07) is 3.87. The lowest BCUT2D eigenvalue weighted by Crippen LogP contribution is -2.52. The Labute approximate surface area is 206 Å². The maximum Gasteiger partial charge on any atom is 0.310 e. The molecule has 1 fully saturated rings. The van der Waals surface area contributed by atoms with Gasteiger partial charge in [-0.25, -0.2) is 0 Å². The van der Waals surface area contributed by atoms with Crippen molar-refractivity contribution < 1.29 is 24.2 Å². The molecule has 186 valence electrons. The highest BCUT2D eigenvalue weighted by Gasteiger charge is 2.59. The minimum Gasteiger partial charge on any atom is -0.466 e. The van der Waals surface area contributed by atoms with Crippen molar-refractivity contribution in [3.8, 4) is 0 Å². The van der Waals surface area contributed by atoms with Crippen molar-refractivity contribution in [2.75, 3.05) is 18.5 Å². The minimum atomic E-state index is -0.890. The lowest BCUT2D eigenvalue weighted by Gasteiger charge is -2.35. The average Bonchev–Trinajstić information content (AvgIpc) is 3.08. The summed E-state index contributed by atoms with van der Waals surface area (Å²) in [5.74, 6) is -3.31. The number of allylic oxidation sites excluding steroid dienone is 1. The van der Waals surface area contributed by atoms with Crippen LogP contribution in [-0.4, -0.2) is 53.1 Å². The molecule has 1 aliphatic heterocycles. The van der Waals surface area contributed by atoms with Gasteiger partial charge in [0, 0.05) is 5.92 Å². The van der Waals surface area contributed by atoms with Crippen LogP contribution in [-0.2, 0) is 19.1 Å². The highest BCUT2D eigenvalue weighted by Crippen LogP contribution is 2.46. The number of esters is 1. The van der Waals surface area contributed by atoms with Gasteiger partial charge in [0.05, 0.1) is 41.8 Å². The molecule has 0 aromatic heterocycles. The normalized spacial score (nSPS) is 27.0. The molecule has 0 radical (unpaired) electrons. The number of aryl methyl sites for hydroxylation is 1. The predicted octanol–water partition coefficient (Wildman–Crippen LogP) is 3.82. The number of nitrogens with one attached hydrogen (secondary N) is 1. The van der Waals surface area contributed by atoms with Crippen LogP contribution in [0.4, 0.5) is 5.69 Å². The number of hydrogen-bond donors (Lipinski definition) is 2.